The molecule has 23 heavy (non-hydrogen) atoms. The standard InChI is InChI=1S/C16H15N5O2/c1-23-14(12-6-3-2-4-7-12)15(22)20-13-10-19-21(11-13)16-17-8-5-9-18-16/h2-11,14H,1H3,(H,20,22). The molecule has 0 radical (unpaired) electrons. The Kier molecular flexibility index (Phi) is 4.39. The molecule has 1 aromatic carbocycles. The molecule has 2 aromatic heterocycles. The number of ether oxygens (including phenoxy) is 1. The molecule has 1 atom stereocenters. The molecule has 7 nitrogen and oxygen atoms in total. The molecule has 0 fully saturated rings. The Balaban J connectivity index is 1.74. The van der Waals surface area contributed by atoms with Crippen LogP contribution in [0.2, 0.25) is 0 Å². The van der Waals surface area contributed by atoms with Crippen molar-refractivity contribution in [3.8, 4) is 5.95 Å². The maximum absolute atomic E-state index is 12.4. The van der Waals surface area contributed by atoms with E-state index in [-0.39, 0.29) is 5.91 Å². The summed E-state index contributed by atoms with van der Waals surface area (Å²) in [4.78, 5) is 20.6. The van der Waals surface area contributed by atoms with Gasteiger partial charge in [0.25, 0.3) is 5.91 Å². The molecule has 2 heterocycles. The van der Waals surface area contributed by atoms with E-state index in [9.17, 15) is 4.79 Å². The topological polar surface area (TPSA) is 81.9 Å². The molecule has 3 rings (SSSR count). The van der Waals surface area contributed by atoms with Gasteiger partial charge in [0.1, 0.15) is 0 Å². The van der Waals surface area contributed by atoms with Gasteiger partial charge in [-0.25, -0.2) is 14.6 Å². The summed E-state index contributed by atoms with van der Waals surface area (Å²) in [5.41, 5.74) is 1.33. The number of carbonyl (C=O) groups excluding carboxylic acids is 1. The normalized spacial score (nSPS) is 11.9. The molecule has 0 aliphatic heterocycles. The Morgan fingerprint density at radius 2 is 1.91 bits per heavy atom. The first-order valence-electron chi connectivity index (χ1n) is 6.98. The average Bonchev–Trinajstić information content (AvgIpc) is 3.06. The molecule has 0 spiro atoms. The number of aromatic nitrogens is 4. The van der Waals surface area contributed by atoms with Crippen LogP contribution in [0.4, 0.5) is 5.69 Å². The van der Waals surface area contributed by atoms with Crippen molar-refractivity contribution in [3.63, 3.8) is 0 Å². The quantitative estimate of drug-likeness (QED) is 0.779. The Labute approximate surface area is 133 Å². The lowest BCUT2D eigenvalue weighted by atomic mass is 10.1. The largest absolute Gasteiger partial charge is 0.367 e. The lowest BCUT2D eigenvalue weighted by molar-refractivity contribution is -0.126. The molecule has 0 bridgehead atoms. The second-order valence-corrected chi connectivity index (χ2v) is 4.74. The van der Waals surface area contributed by atoms with Crippen LogP contribution >= 0.6 is 0 Å². The van der Waals surface area contributed by atoms with Crippen molar-refractivity contribution in [2.75, 3.05) is 12.4 Å². The van der Waals surface area contributed by atoms with Crippen LogP contribution in [0.15, 0.2) is 61.2 Å². The van der Waals surface area contributed by atoms with E-state index in [4.69, 9.17) is 4.74 Å². The van der Waals surface area contributed by atoms with Crippen molar-refractivity contribution in [1.82, 2.24) is 19.7 Å². The predicted molar refractivity (Wildman–Crippen MR) is 84.0 cm³/mol. The van der Waals surface area contributed by atoms with Gasteiger partial charge >= 0.3 is 0 Å². The summed E-state index contributed by atoms with van der Waals surface area (Å²) in [6.07, 6.45) is 5.74. The van der Waals surface area contributed by atoms with Crippen LogP contribution in [-0.2, 0) is 9.53 Å². The Morgan fingerprint density at radius 1 is 1.17 bits per heavy atom. The molecule has 0 aliphatic rings. The number of nitrogens with zero attached hydrogens (tertiary/aromatic N) is 4. The molecule has 0 saturated heterocycles. The SMILES string of the molecule is COC(C(=O)Nc1cnn(-c2ncccn2)c1)c1ccccc1. The fraction of sp³-hybridized carbons (Fsp3) is 0.125. The summed E-state index contributed by atoms with van der Waals surface area (Å²) in [6, 6.07) is 11.0. The van der Waals surface area contributed by atoms with Crippen molar-refractivity contribution in [3.05, 3.63) is 66.7 Å². The maximum atomic E-state index is 12.4. The van der Waals surface area contributed by atoms with E-state index in [1.165, 1.54) is 18.0 Å². The minimum Gasteiger partial charge on any atom is -0.367 e. The number of benzene rings is 1. The van der Waals surface area contributed by atoms with E-state index in [0.29, 0.717) is 11.6 Å². The molecule has 3 aromatic rings. The van der Waals surface area contributed by atoms with E-state index >= 15 is 0 Å². The molecule has 1 amide bonds. The smallest absolute Gasteiger partial charge is 0.258 e. The molecule has 0 aliphatic carbocycles. The molecule has 0 saturated carbocycles. The van der Waals surface area contributed by atoms with Gasteiger partial charge in [0.05, 0.1) is 18.1 Å². The van der Waals surface area contributed by atoms with E-state index in [1.807, 2.05) is 30.3 Å². The highest BCUT2D eigenvalue weighted by Gasteiger charge is 2.20. The van der Waals surface area contributed by atoms with Crippen molar-refractivity contribution in [2.45, 2.75) is 6.10 Å². The summed E-state index contributed by atoms with van der Waals surface area (Å²) in [5.74, 6) is 0.159. The van der Waals surface area contributed by atoms with Gasteiger partial charge in [-0.3, -0.25) is 4.79 Å². The number of hydrogen-bond donors (Lipinski definition) is 1. The van der Waals surface area contributed by atoms with Gasteiger partial charge in [0.15, 0.2) is 6.10 Å². The monoisotopic (exact) mass is 309 g/mol. The number of anilines is 1. The predicted octanol–water partition coefficient (Wildman–Crippen LogP) is 1.99. The number of methoxy groups -OCH3 is 1. The highest BCUT2D eigenvalue weighted by Crippen LogP contribution is 2.19. The number of amides is 1. The van der Waals surface area contributed by atoms with Crippen molar-refractivity contribution in [1.29, 1.82) is 0 Å². The molecule has 116 valence electrons. The van der Waals surface area contributed by atoms with Gasteiger partial charge in [-0.05, 0) is 11.6 Å². The Morgan fingerprint density at radius 3 is 2.61 bits per heavy atom. The summed E-state index contributed by atoms with van der Waals surface area (Å²) in [5, 5.41) is 6.91. The second-order valence-electron chi connectivity index (χ2n) is 4.74. The Hall–Kier alpha value is -3.06. The lowest BCUT2D eigenvalue weighted by Gasteiger charge is -2.14. The van der Waals surface area contributed by atoms with Crippen molar-refractivity contribution < 1.29 is 9.53 Å². The Bertz CT molecular complexity index is 773. The second kappa shape index (κ2) is 6.80. The zero-order chi connectivity index (χ0) is 16.1. The molecular weight excluding hydrogens is 294 g/mol. The van der Waals surface area contributed by atoms with Crippen molar-refractivity contribution >= 4 is 11.6 Å². The number of rotatable bonds is 5. The maximum Gasteiger partial charge on any atom is 0.258 e. The summed E-state index contributed by atoms with van der Waals surface area (Å²) >= 11 is 0. The van der Waals surface area contributed by atoms with Crippen molar-refractivity contribution in [2.24, 2.45) is 0 Å². The zero-order valence-electron chi connectivity index (χ0n) is 12.5. The van der Waals surface area contributed by atoms with Crippen LogP contribution in [-0.4, -0.2) is 32.8 Å². The first kappa shape index (κ1) is 14.9. The average molecular weight is 309 g/mol. The van der Waals surface area contributed by atoms with Crippen LogP contribution in [0.1, 0.15) is 11.7 Å². The molecule has 7 heteroatoms. The van der Waals surface area contributed by atoms with Crippen LogP contribution < -0.4 is 5.32 Å². The van der Waals surface area contributed by atoms with Gasteiger partial charge in [0, 0.05) is 19.5 Å². The first-order chi connectivity index (χ1) is 11.3. The third-order valence-electron chi connectivity index (χ3n) is 3.18. The summed E-state index contributed by atoms with van der Waals surface area (Å²) < 4.78 is 6.78. The summed E-state index contributed by atoms with van der Waals surface area (Å²) in [7, 11) is 1.50. The first-order valence-corrected chi connectivity index (χ1v) is 6.98. The molecule has 1 unspecified atom stereocenters. The third kappa shape index (κ3) is 3.41. The van der Waals surface area contributed by atoms with Gasteiger partial charge < -0.3 is 10.1 Å². The van der Waals surface area contributed by atoms with Crippen LogP contribution in [0.5, 0.6) is 0 Å². The number of nitrogens with one attached hydrogen (secondary N) is 1. The number of hydrogen-bond acceptors (Lipinski definition) is 5. The van der Waals surface area contributed by atoms with Gasteiger partial charge in [-0.15, -0.1) is 0 Å². The highest BCUT2D eigenvalue weighted by atomic mass is 16.5. The third-order valence-corrected chi connectivity index (χ3v) is 3.18. The van der Waals surface area contributed by atoms with Gasteiger partial charge in [0.2, 0.25) is 5.95 Å². The van der Waals surface area contributed by atoms with E-state index in [1.54, 1.807) is 24.7 Å². The van der Waals surface area contributed by atoms with Gasteiger partial charge in [-0.1, -0.05) is 30.3 Å². The lowest BCUT2D eigenvalue weighted by Crippen LogP contribution is -2.22. The minimum atomic E-state index is -0.687. The van der Waals surface area contributed by atoms with Crippen LogP contribution in [0, 0.1) is 0 Å². The highest BCUT2D eigenvalue weighted by molar-refractivity contribution is 5.94. The zero-order valence-corrected chi connectivity index (χ0v) is 12.5. The minimum absolute atomic E-state index is 0.271. The fourth-order valence-corrected chi connectivity index (χ4v) is 2.14. The summed E-state index contributed by atoms with van der Waals surface area (Å²) in [6.45, 7) is 0. The molecule has 1 N–H and O–H groups in total. The van der Waals surface area contributed by atoms with E-state index in [0.717, 1.165) is 5.56 Å². The van der Waals surface area contributed by atoms with Crippen LogP contribution in [0.25, 0.3) is 5.95 Å². The van der Waals surface area contributed by atoms with E-state index < -0.39 is 6.10 Å². The van der Waals surface area contributed by atoms with Gasteiger partial charge in [-0.2, -0.15) is 5.10 Å². The van der Waals surface area contributed by atoms with Crippen LogP contribution in [0.3, 0.4) is 0 Å². The number of carbonyl (C=O) groups is 1. The molecular formula is C16H15N5O2. The van der Waals surface area contributed by atoms with E-state index in [2.05, 4.69) is 20.4 Å². The fourth-order valence-electron chi connectivity index (χ4n) is 2.14.